The molecule has 2 aliphatic heterocycles. The molecule has 3 N–H and O–H groups in total. The summed E-state index contributed by atoms with van der Waals surface area (Å²) in [5.41, 5.74) is 1.93. The van der Waals surface area contributed by atoms with Crippen molar-refractivity contribution in [2.45, 2.75) is 37.4 Å². The highest BCUT2D eigenvalue weighted by atomic mass is 32.2. The summed E-state index contributed by atoms with van der Waals surface area (Å²) >= 11 is 0. The summed E-state index contributed by atoms with van der Waals surface area (Å²) in [6.45, 7) is 5.72. The number of likely N-dealkylation sites (N-methyl/N-ethyl adjacent to an activating group) is 1. The number of sulfonamides is 1. The Balaban J connectivity index is 1.28. The first-order valence-corrected chi connectivity index (χ1v) is 17.1. The predicted molar refractivity (Wildman–Crippen MR) is 181 cm³/mol. The number of anilines is 2. The summed E-state index contributed by atoms with van der Waals surface area (Å²) in [6, 6.07) is 23.0. The molecule has 2 heterocycles. The molecule has 4 aromatic rings. The summed E-state index contributed by atoms with van der Waals surface area (Å²) in [5, 5.41) is 17.9. The molecule has 3 unspecified atom stereocenters. The number of nitrogens with zero attached hydrogens (tertiary/aromatic N) is 2. The van der Waals surface area contributed by atoms with Gasteiger partial charge in [0.1, 0.15) is 25.1 Å². The van der Waals surface area contributed by atoms with E-state index in [0.29, 0.717) is 54.9 Å². The summed E-state index contributed by atoms with van der Waals surface area (Å²) < 4.78 is 46.7. The van der Waals surface area contributed by atoms with Crippen LogP contribution in [0.25, 0.3) is 10.8 Å². The van der Waals surface area contributed by atoms with E-state index in [-0.39, 0.29) is 30.0 Å². The van der Waals surface area contributed by atoms with Gasteiger partial charge in [0.2, 0.25) is 10.0 Å². The average Bonchev–Trinajstić information content (AvgIpc) is 3.07. The summed E-state index contributed by atoms with van der Waals surface area (Å²) in [6.07, 6.45) is -0.594. The van der Waals surface area contributed by atoms with Crippen LogP contribution in [0.15, 0.2) is 83.8 Å². The van der Waals surface area contributed by atoms with Crippen LogP contribution in [0.2, 0.25) is 0 Å². The number of amides is 2. The molecule has 2 amide bonds. The zero-order chi connectivity index (χ0) is 33.1. The Kier molecular flexibility index (Phi) is 9.55. The third-order valence-corrected chi connectivity index (χ3v) is 10.5. The number of fused-ring (bicyclic) bond motifs is 3. The maximum atomic E-state index is 13.8. The highest BCUT2D eigenvalue weighted by molar-refractivity contribution is 7.89. The van der Waals surface area contributed by atoms with Crippen molar-refractivity contribution in [2.75, 3.05) is 50.6 Å². The van der Waals surface area contributed by atoms with E-state index in [4.69, 9.17) is 14.2 Å². The normalized spacial score (nSPS) is 18.8. The van der Waals surface area contributed by atoms with Crippen LogP contribution in [0, 0.1) is 5.92 Å². The first-order chi connectivity index (χ1) is 22.6. The second-order valence-corrected chi connectivity index (χ2v) is 14.1. The molecule has 0 aromatic heterocycles. The maximum Gasteiger partial charge on any atom is 0.323 e. The quantitative estimate of drug-likeness (QED) is 0.237. The van der Waals surface area contributed by atoms with Crippen LogP contribution in [-0.2, 0) is 16.6 Å². The Labute approximate surface area is 275 Å². The lowest BCUT2D eigenvalue weighted by molar-refractivity contribution is 0.0504. The molecule has 0 saturated heterocycles. The van der Waals surface area contributed by atoms with Crippen molar-refractivity contribution in [3.63, 3.8) is 0 Å². The molecular weight excluding hydrogens is 620 g/mol. The molecule has 0 aliphatic carbocycles. The SMILES string of the molecule is CC1CN(C(C)CO)Cc2cccc(NC(=O)Nc3cccc4ccccc34)c2OC1CN(C)S(=O)(=O)c1ccc2c(c1)OCCO2. The number of hydrogen-bond donors (Lipinski definition) is 3. The van der Waals surface area contributed by atoms with Gasteiger partial charge in [-0.15, -0.1) is 0 Å². The number of urea groups is 1. The number of carbonyl (C=O) groups is 1. The van der Waals surface area contributed by atoms with E-state index in [2.05, 4.69) is 15.5 Å². The summed E-state index contributed by atoms with van der Waals surface area (Å²) in [4.78, 5) is 15.6. The highest BCUT2D eigenvalue weighted by Crippen LogP contribution is 2.37. The fourth-order valence-corrected chi connectivity index (χ4v) is 7.18. The van der Waals surface area contributed by atoms with Crippen LogP contribution < -0.4 is 24.8 Å². The van der Waals surface area contributed by atoms with E-state index >= 15 is 0 Å². The molecular formula is C35H40N4O7S. The van der Waals surface area contributed by atoms with Crippen LogP contribution in [0.4, 0.5) is 16.2 Å². The minimum Gasteiger partial charge on any atom is -0.486 e. The fourth-order valence-electron chi connectivity index (χ4n) is 5.98. The van der Waals surface area contributed by atoms with Crippen LogP contribution in [0.1, 0.15) is 19.4 Å². The van der Waals surface area contributed by atoms with Crippen LogP contribution >= 0.6 is 0 Å². The summed E-state index contributed by atoms with van der Waals surface area (Å²) in [5.74, 6) is 1.21. The molecule has 0 saturated carbocycles. The second kappa shape index (κ2) is 13.8. The predicted octanol–water partition coefficient (Wildman–Crippen LogP) is 5.16. The number of nitrogens with one attached hydrogen (secondary N) is 2. The lowest BCUT2D eigenvalue weighted by atomic mass is 9.99. The van der Waals surface area contributed by atoms with Gasteiger partial charge < -0.3 is 30.0 Å². The number of aliphatic hydroxyl groups excluding tert-OH is 1. The van der Waals surface area contributed by atoms with Crippen LogP contribution in [0.5, 0.6) is 17.2 Å². The minimum absolute atomic E-state index is 0.0370. The first kappa shape index (κ1) is 32.6. The molecule has 4 aromatic carbocycles. The Bertz CT molecular complexity index is 1860. The lowest BCUT2D eigenvalue weighted by Crippen LogP contribution is -2.47. The van der Waals surface area contributed by atoms with Crippen molar-refractivity contribution in [1.29, 1.82) is 0 Å². The molecule has 0 bridgehead atoms. The van der Waals surface area contributed by atoms with Gasteiger partial charge in [-0.3, -0.25) is 4.90 Å². The maximum absolute atomic E-state index is 13.8. The molecule has 11 nitrogen and oxygen atoms in total. The van der Waals surface area contributed by atoms with Gasteiger partial charge in [-0.2, -0.15) is 4.31 Å². The van der Waals surface area contributed by atoms with Gasteiger partial charge in [-0.25, -0.2) is 13.2 Å². The lowest BCUT2D eigenvalue weighted by Gasteiger charge is -2.38. The first-order valence-electron chi connectivity index (χ1n) is 15.7. The number of aliphatic hydroxyl groups is 1. The number of benzene rings is 4. The van der Waals surface area contributed by atoms with Crippen molar-refractivity contribution >= 4 is 38.2 Å². The second-order valence-electron chi connectivity index (χ2n) is 12.1. The van der Waals surface area contributed by atoms with Crippen LogP contribution in [0.3, 0.4) is 0 Å². The van der Waals surface area contributed by atoms with Crippen molar-refractivity contribution in [3.05, 3.63) is 84.4 Å². The van der Waals surface area contributed by atoms with E-state index < -0.39 is 22.2 Å². The number of hydrogen-bond acceptors (Lipinski definition) is 8. The van der Waals surface area contributed by atoms with Crippen molar-refractivity contribution in [1.82, 2.24) is 9.21 Å². The Morgan fingerprint density at radius 2 is 1.68 bits per heavy atom. The highest BCUT2D eigenvalue weighted by Gasteiger charge is 2.34. The summed E-state index contributed by atoms with van der Waals surface area (Å²) in [7, 11) is -2.40. The van der Waals surface area contributed by atoms with Gasteiger partial charge in [0.05, 0.1) is 29.4 Å². The third-order valence-electron chi connectivity index (χ3n) is 8.73. The van der Waals surface area contributed by atoms with Crippen molar-refractivity contribution < 1.29 is 32.5 Å². The molecule has 0 radical (unpaired) electrons. The molecule has 0 spiro atoms. The van der Waals surface area contributed by atoms with E-state index in [1.54, 1.807) is 12.1 Å². The Morgan fingerprint density at radius 3 is 2.49 bits per heavy atom. The average molecular weight is 661 g/mol. The zero-order valence-corrected chi connectivity index (χ0v) is 27.5. The Hall–Kier alpha value is -4.36. The van der Waals surface area contributed by atoms with Crippen molar-refractivity contribution in [3.8, 4) is 17.2 Å². The number of carbonyl (C=O) groups excluding carboxylic acids is 1. The molecule has 0 fully saturated rings. The molecule has 47 heavy (non-hydrogen) atoms. The van der Waals surface area contributed by atoms with E-state index in [0.717, 1.165) is 16.3 Å². The topological polar surface area (TPSA) is 130 Å². The standard InChI is InChI=1S/C35H40N4O7S/c1-23-19-39(24(2)22-40)20-26-10-7-13-30(37-35(41)36-29-12-6-9-25-8-4-5-11-28(25)29)34(26)46-33(23)21-38(3)47(42,43)27-14-15-31-32(18-27)45-17-16-44-31/h4-15,18,23-24,33,40H,16-17,19-22H2,1-3H3,(H2,36,37,41). The molecule has 12 heteroatoms. The smallest absolute Gasteiger partial charge is 0.323 e. The molecule has 2 aliphatic rings. The van der Waals surface area contributed by atoms with E-state index in [1.165, 1.54) is 23.5 Å². The number of rotatable bonds is 8. The molecule has 248 valence electrons. The molecule has 6 rings (SSSR count). The minimum atomic E-state index is -3.93. The van der Waals surface area contributed by atoms with Gasteiger partial charge in [-0.1, -0.05) is 55.5 Å². The van der Waals surface area contributed by atoms with Crippen LogP contribution in [-0.4, -0.2) is 80.9 Å². The monoisotopic (exact) mass is 660 g/mol. The van der Waals surface area contributed by atoms with Gasteiger partial charge in [0.25, 0.3) is 0 Å². The number of para-hydroxylation sites is 1. The van der Waals surface area contributed by atoms with E-state index in [1.807, 2.05) is 68.4 Å². The van der Waals surface area contributed by atoms with Gasteiger partial charge in [0, 0.05) is 49.1 Å². The fraction of sp³-hybridized carbons (Fsp3) is 0.343. The third kappa shape index (κ3) is 7.01. The molecule has 3 atom stereocenters. The zero-order valence-electron chi connectivity index (χ0n) is 26.7. The van der Waals surface area contributed by atoms with Gasteiger partial charge >= 0.3 is 6.03 Å². The van der Waals surface area contributed by atoms with Gasteiger partial charge in [-0.05, 0) is 36.6 Å². The number of ether oxygens (including phenoxy) is 3. The van der Waals surface area contributed by atoms with Gasteiger partial charge in [0.15, 0.2) is 11.5 Å². The van der Waals surface area contributed by atoms with E-state index in [9.17, 15) is 18.3 Å². The van der Waals surface area contributed by atoms with Crippen molar-refractivity contribution in [2.24, 2.45) is 5.92 Å². The largest absolute Gasteiger partial charge is 0.486 e. The Morgan fingerprint density at radius 1 is 0.979 bits per heavy atom.